The van der Waals surface area contributed by atoms with E-state index < -0.39 is 12.0 Å². The van der Waals surface area contributed by atoms with Crippen molar-refractivity contribution in [3.05, 3.63) is 0 Å². The van der Waals surface area contributed by atoms with Gasteiger partial charge in [-0.15, -0.1) is 0 Å². The Morgan fingerprint density at radius 3 is 2.58 bits per heavy atom. The molecule has 6 heteroatoms. The number of nitrogens with zero attached hydrogens (tertiary/aromatic N) is 2. The van der Waals surface area contributed by atoms with Gasteiger partial charge in [0.2, 0.25) is 0 Å². The van der Waals surface area contributed by atoms with Gasteiger partial charge in [-0.1, -0.05) is 19.8 Å². The van der Waals surface area contributed by atoms with Gasteiger partial charge in [-0.25, -0.2) is 9.59 Å². The molecule has 0 aromatic carbocycles. The smallest absolute Gasteiger partial charge is 0.326 e. The van der Waals surface area contributed by atoms with Crippen molar-refractivity contribution in [2.75, 3.05) is 20.2 Å². The number of rotatable bonds is 4. The summed E-state index contributed by atoms with van der Waals surface area (Å²) in [6.45, 7) is 2.27. The first-order chi connectivity index (χ1) is 9.02. The first-order valence-corrected chi connectivity index (χ1v) is 6.90. The summed E-state index contributed by atoms with van der Waals surface area (Å²) in [6.07, 6.45) is 4.09. The summed E-state index contributed by atoms with van der Waals surface area (Å²) in [5, 5.41) is 18.5. The van der Waals surface area contributed by atoms with E-state index in [2.05, 4.69) is 0 Å². The van der Waals surface area contributed by atoms with E-state index in [0.29, 0.717) is 13.0 Å². The third-order valence-corrected chi connectivity index (χ3v) is 3.77. The van der Waals surface area contributed by atoms with E-state index in [1.54, 1.807) is 11.8 Å². The van der Waals surface area contributed by atoms with Gasteiger partial charge in [-0.3, -0.25) is 0 Å². The van der Waals surface area contributed by atoms with Crippen LogP contribution in [0.3, 0.4) is 0 Å². The average Bonchev–Trinajstić information content (AvgIpc) is 2.62. The van der Waals surface area contributed by atoms with Gasteiger partial charge in [-0.05, 0) is 19.3 Å². The van der Waals surface area contributed by atoms with Gasteiger partial charge in [-0.2, -0.15) is 0 Å². The Kier molecular flexibility index (Phi) is 6.08. The van der Waals surface area contributed by atoms with Gasteiger partial charge in [0, 0.05) is 13.6 Å². The van der Waals surface area contributed by atoms with Crippen molar-refractivity contribution in [1.29, 1.82) is 0 Å². The lowest BCUT2D eigenvalue weighted by Gasteiger charge is -2.34. The second kappa shape index (κ2) is 7.33. The van der Waals surface area contributed by atoms with Gasteiger partial charge in [0.25, 0.3) is 0 Å². The number of aliphatic hydroxyl groups is 1. The highest BCUT2D eigenvalue weighted by molar-refractivity contribution is 5.82. The zero-order valence-electron chi connectivity index (χ0n) is 11.7. The largest absolute Gasteiger partial charge is 0.480 e. The molecule has 2 amide bonds. The SMILES string of the molecule is CCC(C(=O)O)N(C)C(=O)N1CCCCCC1CO. The second-order valence-electron chi connectivity index (χ2n) is 5.03. The molecule has 2 N–H and O–H groups in total. The molecule has 6 nitrogen and oxygen atoms in total. The van der Waals surface area contributed by atoms with E-state index in [1.807, 2.05) is 0 Å². The van der Waals surface area contributed by atoms with Crippen molar-refractivity contribution in [2.24, 2.45) is 0 Å². The molecule has 2 unspecified atom stereocenters. The molecule has 1 aliphatic heterocycles. The summed E-state index contributed by atoms with van der Waals surface area (Å²) in [7, 11) is 1.52. The minimum absolute atomic E-state index is 0.0660. The number of carbonyl (C=O) groups excluding carboxylic acids is 1. The van der Waals surface area contributed by atoms with Gasteiger partial charge in [0.1, 0.15) is 6.04 Å². The lowest BCUT2D eigenvalue weighted by atomic mass is 10.1. The van der Waals surface area contributed by atoms with Gasteiger partial charge >= 0.3 is 12.0 Å². The van der Waals surface area contributed by atoms with Gasteiger partial charge < -0.3 is 20.0 Å². The fraction of sp³-hybridized carbons (Fsp3) is 0.846. The number of amides is 2. The summed E-state index contributed by atoms with van der Waals surface area (Å²) < 4.78 is 0. The van der Waals surface area contributed by atoms with Crippen LogP contribution in [-0.4, -0.2) is 64.3 Å². The highest BCUT2D eigenvalue weighted by atomic mass is 16.4. The molecule has 1 aliphatic rings. The maximum atomic E-state index is 12.4. The molecule has 19 heavy (non-hydrogen) atoms. The van der Waals surface area contributed by atoms with Crippen LogP contribution in [0, 0.1) is 0 Å². The number of urea groups is 1. The van der Waals surface area contributed by atoms with E-state index in [0.717, 1.165) is 25.7 Å². The number of hydrogen-bond acceptors (Lipinski definition) is 3. The normalized spacial score (nSPS) is 21.6. The zero-order chi connectivity index (χ0) is 14.4. The first kappa shape index (κ1) is 15.8. The standard InChI is InChI=1S/C13H24N2O4/c1-3-11(12(17)18)14(2)13(19)15-8-6-4-5-7-10(15)9-16/h10-11,16H,3-9H2,1-2H3,(H,17,18). The van der Waals surface area contributed by atoms with E-state index >= 15 is 0 Å². The molecule has 0 radical (unpaired) electrons. The molecule has 1 rings (SSSR count). The number of likely N-dealkylation sites (N-methyl/N-ethyl adjacent to an activating group) is 1. The van der Waals surface area contributed by atoms with Crippen LogP contribution in [0.4, 0.5) is 4.79 Å². The molecule has 110 valence electrons. The molecular formula is C13H24N2O4. The number of hydrogen-bond donors (Lipinski definition) is 2. The molecular weight excluding hydrogens is 248 g/mol. The molecule has 1 heterocycles. The highest BCUT2D eigenvalue weighted by Gasteiger charge is 2.32. The zero-order valence-corrected chi connectivity index (χ0v) is 11.7. The number of likely N-dealkylation sites (tertiary alicyclic amines) is 1. The van der Waals surface area contributed by atoms with Crippen LogP contribution in [-0.2, 0) is 4.79 Å². The third-order valence-electron chi connectivity index (χ3n) is 3.77. The summed E-state index contributed by atoms with van der Waals surface area (Å²) >= 11 is 0. The van der Waals surface area contributed by atoms with E-state index in [1.165, 1.54) is 11.9 Å². The Morgan fingerprint density at radius 1 is 1.37 bits per heavy atom. The first-order valence-electron chi connectivity index (χ1n) is 6.90. The number of carboxylic acids is 1. The summed E-state index contributed by atoms with van der Waals surface area (Å²) in [5.41, 5.74) is 0. The van der Waals surface area contributed by atoms with Crippen molar-refractivity contribution in [3.63, 3.8) is 0 Å². The van der Waals surface area contributed by atoms with Gasteiger partial charge in [0.05, 0.1) is 12.6 Å². The highest BCUT2D eigenvalue weighted by Crippen LogP contribution is 2.19. The topological polar surface area (TPSA) is 81.1 Å². The minimum atomic E-state index is -0.992. The lowest BCUT2D eigenvalue weighted by molar-refractivity contribution is -0.142. The Morgan fingerprint density at radius 2 is 2.05 bits per heavy atom. The summed E-state index contributed by atoms with van der Waals surface area (Å²) in [5.74, 6) is -0.992. The van der Waals surface area contributed by atoms with Crippen molar-refractivity contribution in [1.82, 2.24) is 9.80 Å². The predicted octanol–water partition coefficient (Wildman–Crippen LogP) is 1.14. The minimum Gasteiger partial charge on any atom is -0.480 e. The molecule has 0 aliphatic carbocycles. The summed E-state index contributed by atoms with van der Waals surface area (Å²) in [4.78, 5) is 26.4. The van der Waals surface area contributed by atoms with Crippen LogP contribution < -0.4 is 0 Å². The van der Waals surface area contributed by atoms with Crippen LogP contribution in [0.25, 0.3) is 0 Å². The van der Waals surface area contributed by atoms with Crippen LogP contribution in [0.1, 0.15) is 39.0 Å². The third kappa shape index (κ3) is 3.83. The number of aliphatic hydroxyl groups excluding tert-OH is 1. The van der Waals surface area contributed by atoms with Crippen LogP contribution in [0.2, 0.25) is 0 Å². The monoisotopic (exact) mass is 272 g/mol. The quantitative estimate of drug-likeness (QED) is 0.804. The summed E-state index contributed by atoms with van der Waals surface area (Å²) in [6, 6.07) is -1.30. The number of carbonyl (C=O) groups is 2. The fourth-order valence-corrected chi connectivity index (χ4v) is 2.57. The maximum absolute atomic E-state index is 12.4. The van der Waals surface area contributed by atoms with Crippen LogP contribution in [0.15, 0.2) is 0 Å². The fourth-order valence-electron chi connectivity index (χ4n) is 2.57. The molecule has 0 aromatic heterocycles. The predicted molar refractivity (Wildman–Crippen MR) is 70.9 cm³/mol. The second-order valence-corrected chi connectivity index (χ2v) is 5.03. The van der Waals surface area contributed by atoms with Crippen molar-refractivity contribution < 1.29 is 19.8 Å². The van der Waals surface area contributed by atoms with Gasteiger partial charge in [0.15, 0.2) is 0 Å². The Balaban J connectivity index is 2.80. The van der Waals surface area contributed by atoms with Crippen molar-refractivity contribution in [2.45, 2.75) is 51.1 Å². The van der Waals surface area contributed by atoms with Crippen molar-refractivity contribution in [3.8, 4) is 0 Å². The van der Waals surface area contributed by atoms with Crippen LogP contribution >= 0.6 is 0 Å². The Labute approximate surface area is 114 Å². The average molecular weight is 272 g/mol. The van der Waals surface area contributed by atoms with E-state index in [4.69, 9.17) is 5.11 Å². The Hall–Kier alpha value is -1.30. The molecule has 0 spiro atoms. The molecule has 0 aromatic rings. The van der Waals surface area contributed by atoms with Crippen molar-refractivity contribution >= 4 is 12.0 Å². The molecule has 0 saturated carbocycles. The van der Waals surface area contributed by atoms with E-state index in [-0.39, 0.29) is 18.7 Å². The lowest BCUT2D eigenvalue weighted by Crippen LogP contribution is -2.52. The molecule has 1 saturated heterocycles. The molecule has 0 bridgehead atoms. The number of carboxylic acid groups (broad SMARTS) is 1. The molecule has 2 atom stereocenters. The Bertz CT molecular complexity index is 322. The van der Waals surface area contributed by atoms with Crippen LogP contribution in [0.5, 0.6) is 0 Å². The van der Waals surface area contributed by atoms with E-state index in [9.17, 15) is 14.7 Å². The number of aliphatic carboxylic acids is 1. The maximum Gasteiger partial charge on any atom is 0.326 e. The molecule has 1 fully saturated rings.